The Labute approximate surface area is 181 Å². The number of anilines is 1. The van der Waals surface area contributed by atoms with E-state index >= 15 is 0 Å². The highest BCUT2D eigenvalue weighted by Gasteiger charge is 2.17. The summed E-state index contributed by atoms with van der Waals surface area (Å²) >= 11 is 13.7. The normalized spacial score (nSPS) is 11.2. The Morgan fingerprint density at radius 2 is 2.03 bits per heavy atom. The molecular formula is C21H17Cl2N3O2S. The number of hydrogen-bond acceptors (Lipinski definition) is 4. The molecule has 5 nitrogen and oxygen atoms in total. The van der Waals surface area contributed by atoms with Crippen LogP contribution in [0.3, 0.4) is 0 Å². The summed E-state index contributed by atoms with van der Waals surface area (Å²) in [5.41, 5.74) is 3.14. The second-order valence-electron chi connectivity index (χ2n) is 6.62. The van der Waals surface area contributed by atoms with E-state index < -0.39 is 0 Å². The highest BCUT2D eigenvalue weighted by atomic mass is 35.5. The molecule has 0 saturated heterocycles. The minimum absolute atomic E-state index is 0.0745. The Kier molecular flexibility index (Phi) is 5.61. The largest absolute Gasteiger partial charge is 0.392 e. The predicted molar refractivity (Wildman–Crippen MR) is 118 cm³/mol. The molecule has 0 aliphatic rings. The van der Waals surface area contributed by atoms with Crippen LogP contribution in [0.25, 0.3) is 10.2 Å². The molecule has 29 heavy (non-hydrogen) atoms. The van der Waals surface area contributed by atoms with Crippen molar-refractivity contribution in [2.24, 2.45) is 0 Å². The third-order valence-electron chi connectivity index (χ3n) is 4.53. The summed E-state index contributed by atoms with van der Waals surface area (Å²) < 4.78 is 1.85. The summed E-state index contributed by atoms with van der Waals surface area (Å²) in [7, 11) is 0. The van der Waals surface area contributed by atoms with Crippen LogP contribution in [-0.4, -0.2) is 20.8 Å². The summed E-state index contributed by atoms with van der Waals surface area (Å²) in [4.78, 5) is 14.2. The van der Waals surface area contributed by atoms with Gasteiger partial charge in [-0.25, -0.2) is 0 Å². The Balaban J connectivity index is 1.62. The molecule has 2 aromatic carbocycles. The lowest BCUT2D eigenvalue weighted by Crippen LogP contribution is -2.10. The van der Waals surface area contributed by atoms with Crippen molar-refractivity contribution in [3.63, 3.8) is 0 Å². The number of halogens is 2. The zero-order chi connectivity index (χ0) is 20.5. The zero-order valence-corrected chi connectivity index (χ0v) is 17.8. The molecule has 4 rings (SSSR count). The molecule has 0 fully saturated rings. The molecule has 0 spiro atoms. The van der Waals surface area contributed by atoms with E-state index in [1.807, 2.05) is 23.7 Å². The van der Waals surface area contributed by atoms with Crippen LogP contribution in [0.4, 0.5) is 5.69 Å². The molecule has 4 aromatic rings. The number of rotatable bonds is 5. The lowest BCUT2D eigenvalue weighted by Gasteiger charge is -2.06. The number of carbonyl (C=O) groups is 1. The topological polar surface area (TPSA) is 67.2 Å². The fourth-order valence-corrected chi connectivity index (χ4v) is 4.61. The van der Waals surface area contributed by atoms with E-state index in [9.17, 15) is 9.90 Å². The van der Waals surface area contributed by atoms with Gasteiger partial charge in [0.25, 0.3) is 5.91 Å². The van der Waals surface area contributed by atoms with E-state index in [0.29, 0.717) is 27.2 Å². The Morgan fingerprint density at radius 1 is 1.21 bits per heavy atom. The number of amides is 1. The molecule has 2 N–H and O–H groups in total. The van der Waals surface area contributed by atoms with Gasteiger partial charge in [0.15, 0.2) is 0 Å². The second kappa shape index (κ2) is 8.16. The molecule has 0 unspecified atom stereocenters. The first-order valence-corrected chi connectivity index (χ1v) is 10.4. The average Bonchev–Trinajstić information content (AvgIpc) is 3.26. The Hall–Kier alpha value is -2.38. The molecule has 148 valence electrons. The van der Waals surface area contributed by atoms with Crippen molar-refractivity contribution in [2.75, 3.05) is 5.32 Å². The van der Waals surface area contributed by atoms with Crippen molar-refractivity contribution in [3.05, 3.63) is 80.3 Å². The number of benzene rings is 2. The van der Waals surface area contributed by atoms with Gasteiger partial charge in [-0.3, -0.25) is 9.48 Å². The van der Waals surface area contributed by atoms with Crippen molar-refractivity contribution < 1.29 is 9.90 Å². The van der Waals surface area contributed by atoms with Gasteiger partial charge in [0, 0.05) is 21.1 Å². The number of aromatic nitrogens is 2. The molecule has 0 bridgehead atoms. The van der Waals surface area contributed by atoms with Crippen molar-refractivity contribution in [1.82, 2.24) is 9.78 Å². The fourth-order valence-electron chi connectivity index (χ4n) is 3.08. The summed E-state index contributed by atoms with van der Waals surface area (Å²) in [6.07, 6.45) is 0. The summed E-state index contributed by atoms with van der Waals surface area (Å²) in [6, 6.07) is 14.4. The second-order valence-corrected chi connectivity index (χ2v) is 8.50. The standard InChI is InChI=1S/C21H17Cl2N3O2S/c1-12-17-9-19(20(28)24-16-4-2-3-13(7-16)11-27)29-21(17)26(25-12)10-14-5-6-15(22)8-18(14)23/h2-9,27H,10-11H2,1H3,(H,24,28). The van der Waals surface area contributed by atoms with Gasteiger partial charge in [-0.1, -0.05) is 41.4 Å². The number of nitrogens with zero attached hydrogens (tertiary/aromatic N) is 2. The van der Waals surface area contributed by atoms with Gasteiger partial charge >= 0.3 is 0 Å². The van der Waals surface area contributed by atoms with Crippen molar-refractivity contribution >= 4 is 56.3 Å². The molecule has 0 aliphatic carbocycles. The van der Waals surface area contributed by atoms with Gasteiger partial charge < -0.3 is 10.4 Å². The number of nitrogens with one attached hydrogen (secondary N) is 1. The lowest BCUT2D eigenvalue weighted by atomic mass is 10.2. The van der Waals surface area contributed by atoms with Crippen LogP contribution in [0.1, 0.15) is 26.5 Å². The number of hydrogen-bond donors (Lipinski definition) is 2. The van der Waals surface area contributed by atoms with Crippen LogP contribution in [0, 0.1) is 6.92 Å². The highest BCUT2D eigenvalue weighted by molar-refractivity contribution is 7.20. The van der Waals surface area contributed by atoms with Crippen LogP contribution in [0.15, 0.2) is 48.5 Å². The van der Waals surface area contributed by atoms with Crippen molar-refractivity contribution in [3.8, 4) is 0 Å². The maximum absolute atomic E-state index is 12.7. The van der Waals surface area contributed by atoms with Gasteiger partial charge in [-0.05, 0) is 48.4 Å². The molecule has 0 atom stereocenters. The number of aryl methyl sites for hydroxylation is 1. The van der Waals surface area contributed by atoms with E-state index in [1.54, 1.807) is 36.4 Å². The van der Waals surface area contributed by atoms with Crippen LogP contribution in [0.5, 0.6) is 0 Å². The van der Waals surface area contributed by atoms with E-state index in [1.165, 1.54) is 11.3 Å². The molecule has 1 amide bonds. The maximum atomic E-state index is 12.7. The number of fused-ring (bicyclic) bond motifs is 1. The number of carbonyl (C=O) groups excluding carboxylic acids is 1. The van der Waals surface area contributed by atoms with Gasteiger partial charge in [0.05, 0.1) is 23.7 Å². The quantitative estimate of drug-likeness (QED) is 0.425. The summed E-state index contributed by atoms with van der Waals surface area (Å²) in [6.45, 7) is 2.33. The third kappa shape index (κ3) is 4.16. The number of aliphatic hydroxyl groups is 1. The first kappa shape index (κ1) is 19.9. The molecular weight excluding hydrogens is 429 g/mol. The Morgan fingerprint density at radius 3 is 2.79 bits per heavy atom. The average molecular weight is 446 g/mol. The first-order valence-electron chi connectivity index (χ1n) is 8.86. The number of thiophene rings is 1. The molecule has 0 radical (unpaired) electrons. The van der Waals surface area contributed by atoms with Crippen molar-refractivity contribution in [1.29, 1.82) is 0 Å². The van der Waals surface area contributed by atoms with Crippen LogP contribution < -0.4 is 5.32 Å². The minimum Gasteiger partial charge on any atom is -0.392 e. The SMILES string of the molecule is Cc1nn(Cc2ccc(Cl)cc2Cl)c2sc(C(=O)Nc3cccc(CO)c3)cc12. The van der Waals surface area contributed by atoms with E-state index in [2.05, 4.69) is 10.4 Å². The van der Waals surface area contributed by atoms with E-state index in [0.717, 1.165) is 27.0 Å². The lowest BCUT2D eigenvalue weighted by molar-refractivity contribution is 0.103. The van der Waals surface area contributed by atoms with Crippen LogP contribution in [0.2, 0.25) is 10.0 Å². The Bertz CT molecular complexity index is 1220. The molecule has 2 heterocycles. The number of aliphatic hydroxyl groups excluding tert-OH is 1. The monoisotopic (exact) mass is 445 g/mol. The third-order valence-corrected chi connectivity index (χ3v) is 6.27. The summed E-state index contributed by atoms with van der Waals surface area (Å²) in [5.74, 6) is -0.197. The van der Waals surface area contributed by atoms with E-state index in [-0.39, 0.29) is 12.5 Å². The predicted octanol–water partition coefficient (Wildman–Crippen LogP) is 5.51. The molecule has 8 heteroatoms. The van der Waals surface area contributed by atoms with Gasteiger partial charge in [-0.2, -0.15) is 5.10 Å². The molecule has 0 saturated carbocycles. The van der Waals surface area contributed by atoms with E-state index in [4.69, 9.17) is 23.2 Å². The first-order chi connectivity index (χ1) is 13.9. The molecule has 0 aliphatic heterocycles. The van der Waals surface area contributed by atoms with Gasteiger partial charge in [0.1, 0.15) is 4.83 Å². The maximum Gasteiger partial charge on any atom is 0.265 e. The van der Waals surface area contributed by atoms with Crippen LogP contribution in [-0.2, 0) is 13.2 Å². The van der Waals surface area contributed by atoms with Crippen LogP contribution >= 0.6 is 34.5 Å². The molecule has 2 aromatic heterocycles. The summed E-state index contributed by atoms with van der Waals surface area (Å²) in [5, 5.41) is 18.8. The minimum atomic E-state index is -0.197. The highest BCUT2D eigenvalue weighted by Crippen LogP contribution is 2.30. The van der Waals surface area contributed by atoms with Crippen molar-refractivity contribution in [2.45, 2.75) is 20.1 Å². The van der Waals surface area contributed by atoms with Gasteiger partial charge in [-0.15, -0.1) is 11.3 Å². The smallest absolute Gasteiger partial charge is 0.265 e. The fraction of sp³-hybridized carbons (Fsp3) is 0.143. The van der Waals surface area contributed by atoms with Gasteiger partial charge in [0.2, 0.25) is 0 Å². The zero-order valence-electron chi connectivity index (χ0n) is 15.4.